The summed E-state index contributed by atoms with van der Waals surface area (Å²) in [5.74, 6) is -0.0295. The number of carbonyl (C=O) groups excluding carboxylic acids is 1. The maximum atomic E-state index is 11.3. The van der Waals surface area contributed by atoms with Crippen molar-refractivity contribution < 1.29 is 4.79 Å². The molecule has 0 heterocycles. The van der Waals surface area contributed by atoms with E-state index in [0.29, 0.717) is 11.6 Å². The lowest BCUT2D eigenvalue weighted by Gasteiger charge is -2.13. The zero-order chi connectivity index (χ0) is 12.1. The summed E-state index contributed by atoms with van der Waals surface area (Å²) in [5, 5.41) is 6.39. The maximum absolute atomic E-state index is 11.3. The van der Waals surface area contributed by atoms with Gasteiger partial charge in [-0.15, -0.1) is 0 Å². The van der Waals surface area contributed by atoms with Crippen molar-refractivity contribution in [3.63, 3.8) is 0 Å². The van der Waals surface area contributed by atoms with Gasteiger partial charge in [0.25, 0.3) is 0 Å². The lowest BCUT2D eigenvalue weighted by molar-refractivity contribution is -0.122. The van der Waals surface area contributed by atoms with Crippen LogP contribution in [0.25, 0.3) is 0 Å². The largest absolute Gasteiger partial charge is 0.358 e. The summed E-state index contributed by atoms with van der Waals surface area (Å²) in [6, 6.07) is 5.35. The van der Waals surface area contributed by atoms with Crippen molar-refractivity contribution in [3.8, 4) is 0 Å². The van der Waals surface area contributed by atoms with E-state index in [9.17, 15) is 4.79 Å². The molecule has 1 atom stereocenters. The summed E-state index contributed by atoms with van der Waals surface area (Å²) in [6.45, 7) is 2.41. The molecule has 16 heavy (non-hydrogen) atoms. The van der Waals surface area contributed by atoms with Crippen LogP contribution in [0.4, 0.5) is 0 Å². The molecule has 1 aromatic carbocycles. The summed E-state index contributed by atoms with van der Waals surface area (Å²) in [6.07, 6.45) is 0. The van der Waals surface area contributed by atoms with Crippen LogP contribution in [0.5, 0.6) is 0 Å². The molecule has 0 saturated heterocycles. The number of nitrogens with one attached hydrogen (secondary N) is 2. The molecule has 0 aliphatic rings. The molecule has 1 rings (SSSR count). The first kappa shape index (κ1) is 13.5. The van der Waals surface area contributed by atoms with Crippen molar-refractivity contribution in [1.82, 2.24) is 10.6 Å². The van der Waals surface area contributed by atoms with Gasteiger partial charge in [-0.25, -0.2) is 0 Å². The van der Waals surface area contributed by atoms with E-state index >= 15 is 0 Å². The van der Waals surface area contributed by atoms with Gasteiger partial charge in [0.05, 0.1) is 6.04 Å². The normalized spacial score (nSPS) is 12.2. The molecule has 0 spiro atoms. The minimum Gasteiger partial charge on any atom is -0.358 e. The molecule has 88 valence electrons. The lowest BCUT2D eigenvalue weighted by atomic mass is 10.2. The second-order valence-corrected chi connectivity index (χ2v) is 4.74. The Kier molecular flexibility index (Phi) is 5.25. The second-order valence-electron chi connectivity index (χ2n) is 3.45. The van der Waals surface area contributed by atoms with E-state index in [2.05, 4.69) is 26.6 Å². The fraction of sp³-hybridized carbons (Fsp3) is 0.364. The third kappa shape index (κ3) is 3.77. The van der Waals surface area contributed by atoms with Gasteiger partial charge in [-0.3, -0.25) is 4.79 Å². The highest BCUT2D eigenvalue weighted by atomic mass is 79.9. The van der Waals surface area contributed by atoms with Gasteiger partial charge >= 0.3 is 0 Å². The van der Waals surface area contributed by atoms with Gasteiger partial charge in [0.2, 0.25) is 5.91 Å². The third-order valence-corrected chi connectivity index (χ3v) is 3.25. The number of benzene rings is 1. The number of halogens is 2. The van der Waals surface area contributed by atoms with Crippen molar-refractivity contribution >= 4 is 33.4 Å². The van der Waals surface area contributed by atoms with Crippen LogP contribution < -0.4 is 10.6 Å². The van der Waals surface area contributed by atoms with Gasteiger partial charge in [-0.2, -0.15) is 0 Å². The fourth-order valence-electron chi connectivity index (χ4n) is 1.25. The lowest BCUT2D eigenvalue weighted by Crippen LogP contribution is -2.40. The van der Waals surface area contributed by atoms with E-state index in [1.54, 1.807) is 7.05 Å². The molecule has 0 aliphatic heterocycles. The average molecular weight is 306 g/mol. The number of amides is 1. The highest BCUT2D eigenvalue weighted by molar-refractivity contribution is 9.10. The number of carbonyl (C=O) groups is 1. The predicted molar refractivity (Wildman–Crippen MR) is 69.5 cm³/mol. The first-order valence-corrected chi connectivity index (χ1v) is 6.10. The first-order valence-electron chi connectivity index (χ1n) is 4.93. The summed E-state index contributed by atoms with van der Waals surface area (Å²) >= 11 is 9.33. The van der Waals surface area contributed by atoms with Gasteiger partial charge in [0, 0.05) is 23.1 Å². The third-order valence-electron chi connectivity index (χ3n) is 2.25. The Balaban J connectivity index is 2.60. The van der Waals surface area contributed by atoms with Gasteiger partial charge in [0.15, 0.2) is 0 Å². The molecule has 1 aromatic rings. The van der Waals surface area contributed by atoms with Gasteiger partial charge in [0.1, 0.15) is 0 Å². The molecule has 1 unspecified atom stereocenters. The van der Waals surface area contributed by atoms with Crippen molar-refractivity contribution in [2.45, 2.75) is 19.5 Å². The van der Waals surface area contributed by atoms with Crippen LogP contribution in [0.3, 0.4) is 0 Å². The van der Waals surface area contributed by atoms with Crippen molar-refractivity contribution in [2.75, 3.05) is 7.05 Å². The van der Waals surface area contributed by atoms with E-state index in [-0.39, 0.29) is 11.9 Å². The van der Waals surface area contributed by atoms with Crippen LogP contribution in [-0.2, 0) is 11.3 Å². The molecule has 5 heteroatoms. The molecule has 1 amide bonds. The molecule has 0 bridgehead atoms. The predicted octanol–water partition coefficient (Wildman–Crippen LogP) is 2.33. The summed E-state index contributed by atoms with van der Waals surface area (Å²) < 4.78 is 0.980. The Hall–Kier alpha value is -0.580. The van der Waals surface area contributed by atoms with Gasteiger partial charge in [-0.1, -0.05) is 27.5 Å². The quantitative estimate of drug-likeness (QED) is 0.896. The first-order chi connectivity index (χ1) is 7.54. The van der Waals surface area contributed by atoms with Gasteiger partial charge in [-0.05, 0) is 30.7 Å². The van der Waals surface area contributed by atoms with E-state index in [1.807, 2.05) is 25.1 Å². The minimum absolute atomic E-state index is 0.0295. The summed E-state index contributed by atoms with van der Waals surface area (Å²) in [7, 11) is 1.62. The van der Waals surface area contributed by atoms with E-state index < -0.39 is 0 Å². The number of hydrogen-bond donors (Lipinski definition) is 2. The minimum atomic E-state index is -0.226. The average Bonchev–Trinajstić information content (AvgIpc) is 2.28. The topological polar surface area (TPSA) is 41.1 Å². The molecule has 0 aromatic heterocycles. The summed E-state index contributed by atoms with van der Waals surface area (Å²) in [4.78, 5) is 11.3. The zero-order valence-corrected chi connectivity index (χ0v) is 11.5. The highest BCUT2D eigenvalue weighted by Gasteiger charge is 2.10. The standard InChI is InChI=1S/C11H14BrClN2O/c1-7(11(16)14-2)15-6-8-5-9(13)3-4-10(8)12/h3-5,7,15H,6H2,1-2H3,(H,14,16). The fourth-order valence-corrected chi connectivity index (χ4v) is 1.83. The van der Waals surface area contributed by atoms with E-state index in [0.717, 1.165) is 10.0 Å². The van der Waals surface area contributed by atoms with E-state index in [1.165, 1.54) is 0 Å². The van der Waals surface area contributed by atoms with Crippen LogP contribution in [0.2, 0.25) is 5.02 Å². The Labute approximate surface area is 109 Å². The number of hydrogen-bond acceptors (Lipinski definition) is 2. The Morgan fingerprint density at radius 2 is 2.25 bits per heavy atom. The second kappa shape index (κ2) is 6.23. The van der Waals surface area contributed by atoms with Crippen LogP contribution in [-0.4, -0.2) is 19.0 Å². The number of likely N-dealkylation sites (N-methyl/N-ethyl adjacent to an activating group) is 1. The van der Waals surface area contributed by atoms with Crippen molar-refractivity contribution in [3.05, 3.63) is 33.3 Å². The van der Waals surface area contributed by atoms with Crippen LogP contribution in [0.1, 0.15) is 12.5 Å². The molecule has 0 fully saturated rings. The molecular weight excluding hydrogens is 291 g/mol. The molecule has 0 saturated carbocycles. The monoisotopic (exact) mass is 304 g/mol. The van der Waals surface area contributed by atoms with Gasteiger partial charge < -0.3 is 10.6 Å². The summed E-state index contributed by atoms with van der Waals surface area (Å²) in [5.41, 5.74) is 1.03. The van der Waals surface area contributed by atoms with Crippen LogP contribution >= 0.6 is 27.5 Å². The molecule has 0 radical (unpaired) electrons. The molecule has 0 aliphatic carbocycles. The molecule has 3 nitrogen and oxygen atoms in total. The Morgan fingerprint density at radius 1 is 1.56 bits per heavy atom. The smallest absolute Gasteiger partial charge is 0.236 e. The molecule has 2 N–H and O–H groups in total. The van der Waals surface area contributed by atoms with Crippen molar-refractivity contribution in [1.29, 1.82) is 0 Å². The van der Waals surface area contributed by atoms with Crippen LogP contribution in [0, 0.1) is 0 Å². The van der Waals surface area contributed by atoms with Crippen LogP contribution in [0.15, 0.2) is 22.7 Å². The SMILES string of the molecule is CNC(=O)C(C)NCc1cc(Cl)ccc1Br. The Bertz CT molecular complexity index is 384. The maximum Gasteiger partial charge on any atom is 0.236 e. The molecular formula is C11H14BrClN2O. The Morgan fingerprint density at radius 3 is 2.88 bits per heavy atom. The zero-order valence-electron chi connectivity index (χ0n) is 9.18. The number of rotatable bonds is 4. The van der Waals surface area contributed by atoms with Crippen molar-refractivity contribution in [2.24, 2.45) is 0 Å². The van der Waals surface area contributed by atoms with E-state index in [4.69, 9.17) is 11.6 Å². The highest BCUT2D eigenvalue weighted by Crippen LogP contribution is 2.20.